The van der Waals surface area contributed by atoms with Crippen molar-refractivity contribution < 1.29 is 19.2 Å². The molecule has 0 N–H and O–H groups in total. The number of carbonyl (C=O) groups excluding carboxylic acids is 2. The first-order valence-electron chi connectivity index (χ1n) is 9.88. The van der Waals surface area contributed by atoms with Gasteiger partial charge in [-0.3, -0.25) is 19.7 Å². The molecule has 0 radical (unpaired) electrons. The van der Waals surface area contributed by atoms with Crippen LogP contribution in [0.15, 0.2) is 65.2 Å². The predicted octanol–water partition coefficient (Wildman–Crippen LogP) is 4.00. The first kappa shape index (κ1) is 23.0. The number of ether oxygens (including phenoxy) is 1. The highest BCUT2D eigenvalue weighted by atomic mass is 32.2. The zero-order chi connectivity index (χ0) is 23.3. The maximum atomic E-state index is 13.6. The van der Waals surface area contributed by atoms with E-state index in [2.05, 4.69) is 6.07 Å². The summed E-state index contributed by atoms with van der Waals surface area (Å²) in [6.07, 6.45) is 1.72. The predicted molar refractivity (Wildman–Crippen MR) is 119 cm³/mol. The van der Waals surface area contributed by atoms with Crippen LogP contribution in [0.4, 0.5) is 5.69 Å². The minimum Gasteiger partial charge on any atom is -0.465 e. The summed E-state index contributed by atoms with van der Waals surface area (Å²) in [7, 11) is 0. The van der Waals surface area contributed by atoms with Crippen LogP contribution in [0.3, 0.4) is 0 Å². The van der Waals surface area contributed by atoms with Crippen molar-refractivity contribution in [2.24, 2.45) is 5.92 Å². The molecule has 1 aliphatic rings. The summed E-state index contributed by atoms with van der Waals surface area (Å²) in [5, 5.41) is 22.1. The molecular formula is C23H21N3O5S. The lowest BCUT2D eigenvalue weighted by Crippen LogP contribution is -2.46. The Kier molecular flexibility index (Phi) is 7.28. The van der Waals surface area contributed by atoms with Gasteiger partial charge in [0.2, 0.25) is 5.91 Å². The van der Waals surface area contributed by atoms with Gasteiger partial charge in [0.25, 0.3) is 5.69 Å². The lowest BCUT2D eigenvalue weighted by molar-refractivity contribution is -0.385. The Morgan fingerprint density at radius 1 is 1.22 bits per heavy atom. The van der Waals surface area contributed by atoms with Gasteiger partial charge in [-0.25, -0.2) is 0 Å². The first-order chi connectivity index (χ1) is 15.4. The van der Waals surface area contributed by atoms with Crippen molar-refractivity contribution in [1.82, 2.24) is 4.90 Å². The number of allylic oxidation sites excluding steroid dienone is 1. The van der Waals surface area contributed by atoms with E-state index in [0.29, 0.717) is 5.03 Å². The molecule has 164 valence electrons. The van der Waals surface area contributed by atoms with Crippen LogP contribution in [-0.4, -0.2) is 34.6 Å². The summed E-state index contributed by atoms with van der Waals surface area (Å²) in [4.78, 5) is 39.1. The molecule has 0 saturated heterocycles. The second-order valence-electron chi connectivity index (χ2n) is 6.97. The lowest BCUT2D eigenvalue weighted by atomic mass is 9.77. The van der Waals surface area contributed by atoms with Gasteiger partial charge in [-0.05, 0) is 18.7 Å². The van der Waals surface area contributed by atoms with Gasteiger partial charge in [0.15, 0.2) is 0 Å². The molecule has 0 unspecified atom stereocenters. The number of esters is 1. The summed E-state index contributed by atoms with van der Waals surface area (Å²) in [5.41, 5.74) is 0.812. The lowest BCUT2D eigenvalue weighted by Gasteiger charge is -2.37. The summed E-state index contributed by atoms with van der Waals surface area (Å²) in [6.45, 7) is 1.80. The molecule has 1 aliphatic heterocycles. The van der Waals surface area contributed by atoms with Gasteiger partial charge in [0.1, 0.15) is 5.92 Å². The van der Waals surface area contributed by atoms with Crippen LogP contribution in [0.1, 0.15) is 24.0 Å². The van der Waals surface area contributed by atoms with E-state index < -0.39 is 28.6 Å². The molecule has 2 atom stereocenters. The second-order valence-corrected chi connectivity index (χ2v) is 7.76. The van der Waals surface area contributed by atoms with E-state index in [1.54, 1.807) is 19.2 Å². The van der Waals surface area contributed by atoms with Gasteiger partial charge in [-0.2, -0.15) is 5.26 Å². The number of nitriles is 1. The van der Waals surface area contributed by atoms with Crippen molar-refractivity contribution in [2.45, 2.75) is 19.4 Å². The third kappa shape index (κ3) is 4.36. The van der Waals surface area contributed by atoms with E-state index in [1.165, 1.54) is 34.9 Å². The smallest absolute Gasteiger partial charge is 0.319 e. The fourth-order valence-corrected chi connectivity index (χ4v) is 4.60. The average molecular weight is 452 g/mol. The standard InChI is InChI=1S/C23H21N3O5S/c1-3-31-23(28)20-19(16-11-7-8-12-18(16)26(29)30)17(13-24)22(32-2)25(21(20)27)14-15-9-5-4-6-10-15/h4-12,19-20H,3,14H2,1-2H3/t19-,20-/m1/s1. The second kappa shape index (κ2) is 10.1. The average Bonchev–Trinajstić information content (AvgIpc) is 2.80. The molecule has 0 bridgehead atoms. The largest absolute Gasteiger partial charge is 0.465 e. The Hall–Kier alpha value is -3.64. The SMILES string of the molecule is CCOC(=O)[C@H]1C(=O)N(Cc2ccccc2)C(SC)=C(C#N)[C@H]1c1ccccc1[N+](=O)[O-]. The number of benzene rings is 2. The highest BCUT2D eigenvalue weighted by Gasteiger charge is 2.49. The maximum absolute atomic E-state index is 13.6. The number of nitro benzene ring substituents is 1. The van der Waals surface area contributed by atoms with Crippen LogP contribution >= 0.6 is 11.8 Å². The van der Waals surface area contributed by atoms with E-state index in [0.717, 1.165) is 5.56 Å². The molecule has 0 fully saturated rings. The summed E-state index contributed by atoms with van der Waals surface area (Å²) < 4.78 is 5.17. The molecule has 0 spiro atoms. The molecule has 0 aliphatic carbocycles. The summed E-state index contributed by atoms with van der Waals surface area (Å²) >= 11 is 1.19. The molecule has 1 heterocycles. The number of nitrogens with zero attached hydrogens (tertiary/aromatic N) is 3. The Balaban J connectivity index is 2.25. The van der Waals surface area contributed by atoms with Crippen LogP contribution in [0.5, 0.6) is 0 Å². The number of nitro groups is 1. The van der Waals surface area contributed by atoms with E-state index in [9.17, 15) is 25.0 Å². The molecule has 8 nitrogen and oxygen atoms in total. The molecule has 3 rings (SSSR count). The van der Waals surface area contributed by atoms with Crippen LogP contribution in [0.2, 0.25) is 0 Å². The molecule has 0 saturated carbocycles. The van der Waals surface area contributed by atoms with Gasteiger partial charge in [0.05, 0.1) is 40.7 Å². The van der Waals surface area contributed by atoms with E-state index >= 15 is 0 Å². The Labute approximate surface area is 189 Å². The number of hydrogen-bond donors (Lipinski definition) is 0. The summed E-state index contributed by atoms with van der Waals surface area (Å²) in [6, 6.07) is 17.2. The molecule has 2 aromatic rings. The normalized spacial score (nSPS) is 18.3. The van der Waals surface area contributed by atoms with Crippen molar-refractivity contribution in [3.8, 4) is 6.07 Å². The summed E-state index contributed by atoms with van der Waals surface area (Å²) in [5.74, 6) is -3.90. The number of para-hydroxylation sites is 1. The van der Waals surface area contributed by atoms with Gasteiger partial charge >= 0.3 is 5.97 Å². The van der Waals surface area contributed by atoms with E-state index in [-0.39, 0.29) is 30.0 Å². The van der Waals surface area contributed by atoms with Crippen molar-refractivity contribution >= 4 is 29.3 Å². The first-order valence-corrected chi connectivity index (χ1v) is 11.1. The number of hydrogen-bond acceptors (Lipinski definition) is 7. The molecule has 1 amide bonds. The quantitative estimate of drug-likeness (QED) is 0.270. The third-order valence-electron chi connectivity index (χ3n) is 5.16. The maximum Gasteiger partial charge on any atom is 0.319 e. The number of thioether (sulfide) groups is 1. The minimum absolute atomic E-state index is 0.0336. The van der Waals surface area contributed by atoms with E-state index in [4.69, 9.17) is 4.74 Å². The molecule has 2 aromatic carbocycles. The number of rotatable bonds is 7. The van der Waals surface area contributed by atoms with Gasteiger partial charge < -0.3 is 9.64 Å². The van der Waals surface area contributed by atoms with Gasteiger partial charge in [-0.15, -0.1) is 11.8 Å². The molecular weight excluding hydrogens is 430 g/mol. The van der Waals surface area contributed by atoms with Crippen molar-refractivity contribution in [1.29, 1.82) is 5.26 Å². The zero-order valence-electron chi connectivity index (χ0n) is 17.6. The van der Waals surface area contributed by atoms with Crippen molar-refractivity contribution in [3.63, 3.8) is 0 Å². The highest BCUT2D eigenvalue weighted by molar-refractivity contribution is 8.02. The molecule has 0 aromatic heterocycles. The molecule has 9 heteroatoms. The van der Waals surface area contributed by atoms with Crippen LogP contribution in [0.25, 0.3) is 0 Å². The fourth-order valence-electron chi connectivity index (χ4n) is 3.83. The van der Waals surface area contributed by atoms with Crippen molar-refractivity contribution in [3.05, 3.63) is 86.4 Å². The van der Waals surface area contributed by atoms with Gasteiger partial charge in [-0.1, -0.05) is 48.5 Å². The number of carbonyl (C=O) groups is 2. The zero-order valence-corrected chi connectivity index (χ0v) is 18.4. The van der Waals surface area contributed by atoms with Crippen molar-refractivity contribution in [2.75, 3.05) is 12.9 Å². The number of amides is 1. The van der Waals surface area contributed by atoms with Crippen LogP contribution < -0.4 is 0 Å². The Morgan fingerprint density at radius 2 is 1.88 bits per heavy atom. The third-order valence-corrected chi connectivity index (χ3v) is 5.99. The van der Waals surface area contributed by atoms with Gasteiger partial charge in [0, 0.05) is 11.6 Å². The highest BCUT2D eigenvalue weighted by Crippen LogP contribution is 2.46. The van der Waals surface area contributed by atoms with Crippen LogP contribution in [0, 0.1) is 27.4 Å². The monoisotopic (exact) mass is 451 g/mol. The molecule has 32 heavy (non-hydrogen) atoms. The topological polar surface area (TPSA) is 114 Å². The van der Waals surface area contributed by atoms with Crippen LogP contribution in [-0.2, 0) is 20.9 Å². The minimum atomic E-state index is -1.41. The van der Waals surface area contributed by atoms with E-state index in [1.807, 2.05) is 30.3 Å². The Morgan fingerprint density at radius 3 is 2.47 bits per heavy atom. The fraction of sp³-hybridized carbons (Fsp3) is 0.261. The Bertz CT molecular complexity index is 1110.